The van der Waals surface area contributed by atoms with Crippen LogP contribution in [0.2, 0.25) is 0 Å². The molecule has 0 bridgehead atoms. The van der Waals surface area contributed by atoms with Crippen molar-refractivity contribution in [3.05, 3.63) is 65.5 Å². The largest absolute Gasteiger partial charge is 0.384 e. The summed E-state index contributed by atoms with van der Waals surface area (Å²) in [6, 6.07) is 9.91. The Morgan fingerprint density at radius 2 is 1.81 bits per heavy atom. The first-order valence-electron chi connectivity index (χ1n) is 10.4. The van der Waals surface area contributed by atoms with Gasteiger partial charge in [0.1, 0.15) is 29.4 Å². The molecule has 0 fully saturated rings. The molecule has 0 atom stereocenters. The lowest BCUT2D eigenvalue weighted by Crippen LogP contribution is -2.21. The van der Waals surface area contributed by atoms with Crippen LogP contribution >= 0.6 is 0 Å². The second kappa shape index (κ2) is 8.16. The Hall–Kier alpha value is -3.59. The van der Waals surface area contributed by atoms with Crippen LogP contribution in [0.3, 0.4) is 0 Å². The molecule has 4 rings (SSSR count). The molecule has 2 N–H and O–H groups in total. The SMILES string of the molecule is CCc1c(-c2ccc(F)cc2)nn(C)c1Nc1cc(-n2nc(C)cc2C(C)(C)O)ncn1. The first kappa shape index (κ1) is 21.6. The van der Waals surface area contributed by atoms with Crippen molar-refractivity contribution < 1.29 is 9.50 Å². The van der Waals surface area contributed by atoms with E-state index >= 15 is 0 Å². The lowest BCUT2D eigenvalue weighted by atomic mass is 10.1. The number of halogens is 1. The maximum Gasteiger partial charge on any atom is 0.159 e. The van der Waals surface area contributed by atoms with Crippen molar-refractivity contribution in [1.29, 1.82) is 0 Å². The van der Waals surface area contributed by atoms with Gasteiger partial charge in [-0.25, -0.2) is 19.0 Å². The molecular weight excluding hydrogens is 409 g/mol. The number of anilines is 2. The number of rotatable bonds is 6. The molecule has 0 aliphatic rings. The summed E-state index contributed by atoms with van der Waals surface area (Å²) in [7, 11) is 1.85. The molecule has 0 aliphatic carbocycles. The van der Waals surface area contributed by atoms with Crippen molar-refractivity contribution in [3.63, 3.8) is 0 Å². The van der Waals surface area contributed by atoms with Crippen LogP contribution in [0.4, 0.5) is 16.0 Å². The standard InChI is InChI=1S/C23H26FN7O/c1-6-17-21(15-7-9-16(24)10-8-15)29-30(5)22(17)27-19-12-20(26-13-25-19)31-18(23(3,4)32)11-14(2)28-31/h7-13,32H,6H2,1-5H3,(H,25,26,27). The fourth-order valence-corrected chi connectivity index (χ4v) is 3.66. The monoisotopic (exact) mass is 435 g/mol. The number of aryl methyl sites for hydroxylation is 2. The maximum atomic E-state index is 13.4. The normalized spacial score (nSPS) is 11.7. The number of benzene rings is 1. The van der Waals surface area contributed by atoms with E-state index < -0.39 is 5.60 Å². The zero-order chi connectivity index (χ0) is 23.0. The Morgan fingerprint density at radius 3 is 2.47 bits per heavy atom. The van der Waals surface area contributed by atoms with E-state index in [0.29, 0.717) is 17.3 Å². The molecule has 3 aromatic heterocycles. The molecular formula is C23H26FN7O. The summed E-state index contributed by atoms with van der Waals surface area (Å²) in [5.74, 6) is 1.60. The zero-order valence-corrected chi connectivity index (χ0v) is 18.8. The van der Waals surface area contributed by atoms with E-state index in [2.05, 4.69) is 25.5 Å². The van der Waals surface area contributed by atoms with Crippen molar-refractivity contribution in [2.45, 2.75) is 39.7 Å². The summed E-state index contributed by atoms with van der Waals surface area (Å²) in [4.78, 5) is 8.70. The van der Waals surface area contributed by atoms with Crippen molar-refractivity contribution in [2.75, 3.05) is 5.32 Å². The molecule has 0 aliphatic heterocycles. The third-order valence-corrected chi connectivity index (χ3v) is 5.19. The number of nitrogens with one attached hydrogen (secondary N) is 1. The average Bonchev–Trinajstić information content (AvgIpc) is 3.29. The van der Waals surface area contributed by atoms with E-state index in [1.807, 2.05) is 27.0 Å². The molecule has 0 amide bonds. The molecule has 32 heavy (non-hydrogen) atoms. The van der Waals surface area contributed by atoms with E-state index in [0.717, 1.165) is 34.8 Å². The van der Waals surface area contributed by atoms with Gasteiger partial charge in [0.05, 0.1) is 17.1 Å². The quantitative estimate of drug-likeness (QED) is 0.475. The van der Waals surface area contributed by atoms with Gasteiger partial charge in [0.2, 0.25) is 0 Å². The fraction of sp³-hybridized carbons (Fsp3) is 0.304. The molecule has 0 radical (unpaired) electrons. The summed E-state index contributed by atoms with van der Waals surface area (Å²) in [6.45, 7) is 7.33. The van der Waals surface area contributed by atoms with E-state index in [9.17, 15) is 9.50 Å². The van der Waals surface area contributed by atoms with Crippen LogP contribution in [-0.2, 0) is 19.1 Å². The molecule has 3 heterocycles. The summed E-state index contributed by atoms with van der Waals surface area (Å²) in [5.41, 5.74) is 2.95. The van der Waals surface area contributed by atoms with Gasteiger partial charge in [-0.3, -0.25) is 4.68 Å². The van der Waals surface area contributed by atoms with Gasteiger partial charge in [-0.15, -0.1) is 0 Å². The van der Waals surface area contributed by atoms with Crippen LogP contribution in [0.1, 0.15) is 37.7 Å². The van der Waals surface area contributed by atoms with Gasteiger partial charge in [0, 0.05) is 24.2 Å². The minimum Gasteiger partial charge on any atom is -0.384 e. The van der Waals surface area contributed by atoms with Crippen LogP contribution in [0.25, 0.3) is 17.1 Å². The van der Waals surface area contributed by atoms with Gasteiger partial charge in [0.15, 0.2) is 5.82 Å². The van der Waals surface area contributed by atoms with Crippen LogP contribution in [-0.4, -0.2) is 34.6 Å². The molecule has 1 aromatic carbocycles. The lowest BCUT2D eigenvalue weighted by Gasteiger charge is -2.18. The highest BCUT2D eigenvalue weighted by Gasteiger charge is 2.24. The topological polar surface area (TPSA) is 93.7 Å². The second-order valence-corrected chi connectivity index (χ2v) is 8.19. The Morgan fingerprint density at radius 1 is 1.09 bits per heavy atom. The number of nitrogens with zero attached hydrogens (tertiary/aromatic N) is 6. The van der Waals surface area contributed by atoms with E-state index in [-0.39, 0.29) is 5.82 Å². The van der Waals surface area contributed by atoms with Crippen molar-refractivity contribution in [3.8, 4) is 17.1 Å². The van der Waals surface area contributed by atoms with Gasteiger partial charge in [-0.2, -0.15) is 10.2 Å². The zero-order valence-electron chi connectivity index (χ0n) is 18.8. The van der Waals surface area contributed by atoms with Gasteiger partial charge >= 0.3 is 0 Å². The van der Waals surface area contributed by atoms with Gasteiger partial charge in [-0.1, -0.05) is 6.92 Å². The Kier molecular flexibility index (Phi) is 5.52. The summed E-state index contributed by atoms with van der Waals surface area (Å²) in [6.07, 6.45) is 2.17. The van der Waals surface area contributed by atoms with Gasteiger partial charge in [-0.05, 0) is 57.5 Å². The van der Waals surface area contributed by atoms with Gasteiger partial charge in [0.25, 0.3) is 0 Å². The molecule has 9 heteroatoms. The first-order chi connectivity index (χ1) is 15.2. The predicted octanol–water partition coefficient (Wildman–Crippen LogP) is 4.04. The fourth-order valence-electron chi connectivity index (χ4n) is 3.66. The molecule has 8 nitrogen and oxygen atoms in total. The van der Waals surface area contributed by atoms with Crippen LogP contribution in [0, 0.1) is 12.7 Å². The molecule has 0 unspecified atom stereocenters. The average molecular weight is 436 g/mol. The van der Waals surface area contributed by atoms with E-state index in [1.165, 1.54) is 18.5 Å². The molecule has 4 aromatic rings. The Balaban J connectivity index is 1.72. The minimum atomic E-state index is -1.08. The summed E-state index contributed by atoms with van der Waals surface area (Å²) < 4.78 is 16.7. The molecule has 0 saturated carbocycles. The van der Waals surface area contributed by atoms with Crippen LogP contribution in [0.5, 0.6) is 0 Å². The smallest absolute Gasteiger partial charge is 0.159 e. The van der Waals surface area contributed by atoms with Gasteiger partial charge < -0.3 is 10.4 Å². The third-order valence-electron chi connectivity index (χ3n) is 5.19. The number of aliphatic hydroxyl groups is 1. The Bertz CT molecular complexity index is 1250. The van der Waals surface area contributed by atoms with Crippen molar-refractivity contribution in [2.24, 2.45) is 7.05 Å². The maximum absolute atomic E-state index is 13.4. The van der Waals surface area contributed by atoms with Crippen molar-refractivity contribution in [1.82, 2.24) is 29.5 Å². The predicted molar refractivity (Wildman–Crippen MR) is 120 cm³/mol. The highest BCUT2D eigenvalue weighted by Crippen LogP contribution is 2.31. The third kappa shape index (κ3) is 4.11. The summed E-state index contributed by atoms with van der Waals surface area (Å²) >= 11 is 0. The highest BCUT2D eigenvalue weighted by atomic mass is 19.1. The highest BCUT2D eigenvalue weighted by molar-refractivity contribution is 5.71. The summed E-state index contributed by atoms with van der Waals surface area (Å²) in [5, 5.41) is 23.0. The second-order valence-electron chi connectivity index (χ2n) is 8.19. The minimum absolute atomic E-state index is 0.283. The van der Waals surface area contributed by atoms with E-state index in [1.54, 1.807) is 41.4 Å². The van der Waals surface area contributed by atoms with Crippen LogP contribution < -0.4 is 5.32 Å². The number of hydrogen-bond acceptors (Lipinski definition) is 6. The molecule has 0 saturated heterocycles. The number of aromatic nitrogens is 6. The van der Waals surface area contributed by atoms with Crippen molar-refractivity contribution >= 4 is 11.6 Å². The molecule has 166 valence electrons. The lowest BCUT2D eigenvalue weighted by molar-refractivity contribution is 0.0710. The molecule has 0 spiro atoms. The van der Waals surface area contributed by atoms with E-state index in [4.69, 9.17) is 0 Å². The van der Waals surface area contributed by atoms with Crippen LogP contribution in [0.15, 0.2) is 42.7 Å². The first-order valence-corrected chi connectivity index (χ1v) is 10.4. The number of hydrogen-bond donors (Lipinski definition) is 2. The Labute approximate surface area is 185 Å².